The van der Waals surface area contributed by atoms with Gasteiger partial charge in [-0.25, -0.2) is 4.39 Å². The molecule has 4 heteroatoms. The van der Waals surface area contributed by atoms with Crippen molar-refractivity contribution in [1.29, 1.82) is 0 Å². The van der Waals surface area contributed by atoms with Crippen molar-refractivity contribution in [1.82, 2.24) is 5.32 Å². The molecule has 21 heavy (non-hydrogen) atoms. The van der Waals surface area contributed by atoms with E-state index in [0.717, 1.165) is 29.4 Å². The van der Waals surface area contributed by atoms with Gasteiger partial charge in [-0.05, 0) is 48.7 Å². The van der Waals surface area contributed by atoms with E-state index < -0.39 is 0 Å². The van der Waals surface area contributed by atoms with Crippen LogP contribution in [0.15, 0.2) is 46.9 Å². The highest BCUT2D eigenvalue weighted by molar-refractivity contribution is 9.10. The van der Waals surface area contributed by atoms with E-state index in [1.165, 1.54) is 11.6 Å². The Labute approximate surface area is 138 Å². The molecule has 1 nitrogen and oxygen atoms in total. The third kappa shape index (κ3) is 4.53. The molecule has 1 unspecified atom stereocenters. The fraction of sp³-hybridized carbons (Fsp3) is 0.294. The highest BCUT2D eigenvalue weighted by atomic mass is 79.9. The van der Waals surface area contributed by atoms with Gasteiger partial charge >= 0.3 is 0 Å². The molecule has 112 valence electrons. The van der Waals surface area contributed by atoms with Crippen molar-refractivity contribution in [3.63, 3.8) is 0 Å². The molecule has 0 saturated carbocycles. The van der Waals surface area contributed by atoms with Crippen molar-refractivity contribution in [2.24, 2.45) is 0 Å². The second kappa shape index (κ2) is 7.92. The van der Waals surface area contributed by atoms with Crippen LogP contribution in [0.2, 0.25) is 5.02 Å². The average molecular weight is 371 g/mol. The number of hydrogen-bond donors (Lipinski definition) is 1. The SMILES string of the molecule is CCCNC(Cc1ccc(Br)cc1)c1cccc(F)c1Cl. The fourth-order valence-electron chi connectivity index (χ4n) is 2.26. The first-order valence-corrected chi connectivity index (χ1v) is 8.20. The van der Waals surface area contributed by atoms with E-state index >= 15 is 0 Å². The number of hydrogen-bond acceptors (Lipinski definition) is 1. The predicted octanol–water partition coefficient (Wildman–Crippen LogP) is 5.53. The highest BCUT2D eigenvalue weighted by Gasteiger charge is 2.17. The minimum absolute atomic E-state index is 0.00863. The van der Waals surface area contributed by atoms with Crippen LogP contribution in [0.4, 0.5) is 4.39 Å². The molecule has 2 rings (SSSR count). The van der Waals surface area contributed by atoms with Gasteiger partial charge < -0.3 is 5.32 Å². The molecule has 0 aromatic heterocycles. The summed E-state index contributed by atoms with van der Waals surface area (Å²) < 4.78 is 14.7. The largest absolute Gasteiger partial charge is 0.310 e. The summed E-state index contributed by atoms with van der Waals surface area (Å²) in [5.41, 5.74) is 2.00. The quantitative estimate of drug-likeness (QED) is 0.705. The van der Waals surface area contributed by atoms with Crippen molar-refractivity contribution in [3.8, 4) is 0 Å². The maximum Gasteiger partial charge on any atom is 0.142 e. The summed E-state index contributed by atoms with van der Waals surface area (Å²) in [7, 11) is 0. The predicted molar refractivity (Wildman–Crippen MR) is 90.3 cm³/mol. The van der Waals surface area contributed by atoms with E-state index in [2.05, 4.69) is 40.3 Å². The minimum atomic E-state index is -0.367. The van der Waals surface area contributed by atoms with Gasteiger partial charge in [-0.3, -0.25) is 0 Å². The second-order valence-electron chi connectivity index (χ2n) is 4.98. The standard InChI is InChI=1S/C17H18BrClFN/c1-2-10-21-16(11-12-6-8-13(18)9-7-12)14-4-3-5-15(20)17(14)19/h3-9,16,21H,2,10-11H2,1H3. The maximum atomic E-state index is 13.7. The van der Waals surface area contributed by atoms with E-state index in [9.17, 15) is 4.39 Å². The van der Waals surface area contributed by atoms with Crippen molar-refractivity contribution < 1.29 is 4.39 Å². The Balaban J connectivity index is 2.25. The Morgan fingerprint density at radius 3 is 2.57 bits per heavy atom. The molecule has 0 aliphatic heterocycles. The first-order chi connectivity index (χ1) is 10.1. The average Bonchev–Trinajstić information content (AvgIpc) is 2.48. The summed E-state index contributed by atoms with van der Waals surface area (Å²) in [6.45, 7) is 2.98. The molecular weight excluding hydrogens is 353 g/mol. The number of nitrogens with one attached hydrogen (secondary N) is 1. The van der Waals surface area contributed by atoms with Gasteiger partial charge in [0.15, 0.2) is 0 Å². The molecule has 0 heterocycles. The zero-order valence-electron chi connectivity index (χ0n) is 11.9. The summed E-state index contributed by atoms with van der Waals surface area (Å²) in [4.78, 5) is 0. The van der Waals surface area contributed by atoms with Gasteiger partial charge in [0.05, 0.1) is 5.02 Å². The summed E-state index contributed by atoms with van der Waals surface area (Å²) in [6.07, 6.45) is 1.79. The molecule has 0 fully saturated rings. The third-order valence-corrected chi connectivity index (χ3v) is 4.28. The summed E-state index contributed by atoms with van der Waals surface area (Å²) in [5.74, 6) is -0.367. The maximum absolute atomic E-state index is 13.7. The number of rotatable bonds is 6. The first kappa shape index (κ1) is 16.5. The summed E-state index contributed by atoms with van der Waals surface area (Å²) in [6, 6.07) is 13.2. The molecule has 0 amide bonds. The molecule has 0 aliphatic rings. The molecule has 1 atom stereocenters. The van der Waals surface area contributed by atoms with Gasteiger partial charge in [-0.15, -0.1) is 0 Å². The summed E-state index contributed by atoms with van der Waals surface area (Å²) >= 11 is 9.57. The van der Waals surface area contributed by atoms with Crippen molar-refractivity contribution >= 4 is 27.5 Å². The first-order valence-electron chi connectivity index (χ1n) is 7.03. The topological polar surface area (TPSA) is 12.0 Å². The molecule has 2 aromatic carbocycles. The Morgan fingerprint density at radius 2 is 1.90 bits per heavy atom. The van der Waals surface area contributed by atoms with Gasteiger partial charge in [0.2, 0.25) is 0 Å². The van der Waals surface area contributed by atoms with Crippen LogP contribution in [0.1, 0.15) is 30.5 Å². The fourth-order valence-corrected chi connectivity index (χ4v) is 2.78. The van der Waals surface area contributed by atoms with Crippen LogP contribution in [0.5, 0.6) is 0 Å². The molecule has 2 aromatic rings. The molecule has 0 radical (unpaired) electrons. The number of halogens is 3. The lowest BCUT2D eigenvalue weighted by atomic mass is 9.98. The van der Waals surface area contributed by atoms with E-state index in [1.807, 2.05) is 18.2 Å². The van der Waals surface area contributed by atoms with Crippen molar-refractivity contribution in [3.05, 3.63) is 68.9 Å². The van der Waals surface area contributed by atoms with Crippen LogP contribution >= 0.6 is 27.5 Å². The van der Waals surface area contributed by atoms with E-state index in [-0.39, 0.29) is 16.9 Å². The third-order valence-electron chi connectivity index (χ3n) is 3.35. The molecular formula is C17H18BrClFN. The van der Waals surface area contributed by atoms with Crippen LogP contribution in [0.3, 0.4) is 0 Å². The highest BCUT2D eigenvalue weighted by Crippen LogP contribution is 2.28. The van der Waals surface area contributed by atoms with Crippen molar-refractivity contribution in [2.75, 3.05) is 6.54 Å². The normalized spacial score (nSPS) is 12.4. The Hall–Kier alpha value is -0.900. The number of benzene rings is 2. The molecule has 0 aliphatic carbocycles. The van der Waals surface area contributed by atoms with Gasteiger partial charge in [0.25, 0.3) is 0 Å². The van der Waals surface area contributed by atoms with E-state index in [0.29, 0.717) is 0 Å². The van der Waals surface area contributed by atoms with Crippen LogP contribution in [0, 0.1) is 5.82 Å². The van der Waals surface area contributed by atoms with Crippen LogP contribution in [-0.4, -0.2) is 6.54 Å². The van der Waals surface area contributed by atoms with Gasteiger partial charge in [0, 0.05) is 10.5 Å². The zero-order valence-corrected chi connectivity index (χ0v) is 14.2. The van der Waals surface area contributed by atoms with Crippen LogP contribution in [-0.2, 0) is 6.42 Å². The smallest absolute Gasteiger partial charge is 0.142 e. The minimum Gasteiger partial charge on any atom is -0.310 e. The monoisotopic (exact) mass is 369 g/mol. The van der Waals surface area contributed by atoms with Crippen LogP contribution < -0.4 is 5.32 Å². The molecule has 0 bridgehead atoms. The summed E-state index contributed by atoms with van der Waals surface area (Å²) in [5, 5.41) is 3.67. The van der Waals surface area contributed by atoms with Gasteiger partial charge in [-0.2, -0.15) is 0 Å². The molecule has 0 saturated heterocycles. The zero-order chi connectivity index (χ0) is 15.2. The molecule has 1 N–H and O–H groups in total. The lowest BCUT2D eigenvalue weighted by molar-refractivity contribution is 0.524. The van der Waals surface area contributed by atoms with E-state index in [4.69, 9.17) is 11.6 Å². The Bertz CT molecular complexity index is 586. The van der Waals surface area contributed by atoms with E-state index in [1.54, 1.807) is 6.07 Å². The Kier molecular flexibility index (Phi) is 6.22. The second-order valence-corrected chi connectivity index (χ2v) is 6.27. The molecule has 0 spiro atoms. The lowest BCUT2D eigenvalue weighted by Gasteiger charge is -2.20. The lowest BCUT2D eigenvalue weighted by Crippen LogP contribution is -2.24. The van der Waals surface area contributed by atoms with Gasteiger partial charge in [0.1, 0.15) is 5.82 Å². The van der Waals surface area contributed by atoms with Crippen molar-refractivity contribution in [2.45, 2.75) is 25.8 Å². The van der Waals surface area contributed by atoms with Gasteiger partial charge in [-0.1, -0.05) is 58.7 Å². The Morgan fingerprint density at radius 1 is 1.19 bits per heavy atom. The van der Waals surface area contributed by atoms with Crippen LogP contribution in [0.25, 0.3) is 0 Å².